The third-order valence-corrected chi connectivity index (χ3v) is 3.55. The van der Waals surface area contributed by atoms with E-state index in [1.807, 2.05) is 6.92 Å². The van der Waals surface area contributed by atoms with Crippen LogP contribution in [0.15, 0.2) is 0 Å². The average Bonchev–Trinajstić information content (AvgIpc) is 2.72. The van der Waals surface area contributed by atoms with Crippen molar-refractivity contribution in [1.82, 2.24) is 10.2 Å². The number of likely N-dealkylation sites (tertiary alicyclic amines) is 1. The molecule has 0 radical (unpaired) electrons. The highest BCUT2D eigenvalue weighted by molar-refractivity contribution is 5.73. The van der Waals surface area contributed by atoms with E-state index in [2.05, 4.69) is 17.1 Å². The van der Waals surface area contributed by atoms with Crippen molar-refractivity contribution >= 4 is 5.97 Å². The van der Waals surface area contributed by atoms with Gasteiger partial charge in [-0.2, -0.15) is 0 Å². The highest BCUT2D eigenvalue weighted by atomic mass is 16.4. The maximum Gasteiger partial charge on any atom is 0.320 e. The van der Waals surface area contributed by atoms with Crippen molar-refractivity contribution in [3.05, 3.63) is 0 Å². The molecule has 0 aromatic heterocycles. The minimum atomic E-state index is -0.726. The molecule has 1 rings (SSSR count). The Morgan fingerprint density at radius 2 is 2.29 bits per heavy atom. The van der Waals surface area contributed by atoms with E-state index < -0.39 is 5.97 Å². The Hall–Kier alpha value is -0.610. The van der Waals surface area contributed by atoms with Gasteiger partial charge in [0.25, 0.3) is 0 Å². The van der Waals surface area contributed by atoms with Gasteiger partial charge in [-0.1, -0.05) is 20.3 Å². The number of hydrogen-bond acceptors (Lipinski definition) is 3. The summed E-state index contributed by atoms with van der Waals surface area (Å²) < 4.78 is 0. The molecule has 1 aliphatic rings. The molecule has 17 heavy (non-hydrogen) atoms. The summed E-state index contributed by atoms with van der Waals surface area (Å²) in [6, 6.07) is -0.384. The number of hydrogen-bond donors (Lipinski definition) is 2. The van der Waals surface area contributed by atoms with Crippen molar-refractivity contribution < 1.29 is 9.90 Å². The maximum atomic E-state index is 11.0. The molecule has 0 spiro atoms. The molecular formula is C13H26N2O2. The van der Waals surface area contributed by atoms with E-state index in [0.717, 1.165) is 32.1 Å². The van der Waals surface area contributed by atoms with Crippen LogP contribution in [0.4, 0.5) is 0 Å². The Labute approximate surface area is 104 Å². The molecule has 1 fully saturated rings. The predicted octanol–water partition coefficient (Wildman–Crippen LogP) is 1.56. The largest absolute Gasteiger partial charge is 0.480 e. The van der Waals surface area contributed by atoms with Crippen molar-refractivity contribution in [2.24, 2.45) is 5.92 Å². The van der Waals surface area contributed by atoms with Crippen LogP contribution in [0.25, 0.3) is 0 Å². The van der Waals surface area contributed by atoms with Crippen molar-refractivity contribution in [3.63, 3.8) is 0 Å². The third kappa shape index (κ3) is 5.04. The summed E-state index contributed by atoms with van der Waals surface area (Å²) in [5, 5.41) is 12.0. The van der Waals surface area contributed by atoms with Crippen molar-refractivity contribution in [2.45, 2.75) is 45.6 Å². The molecule has 0 amide bonds. The normalized spacial score (nSPS) is 22.8. The highest BCUT2D eigenvalue weighted by Gasteiger charge is 2.23. The zero-order valence-corrected chi connectivity index (χ0v) is 11.1. The van der Waals surface area contributed by atoms with E-state index in [0.29, 0.717) is 6.42 Å². The number of aliphatic carboxylic acids is 1. The van der Waals surface area contributed by atoms with Crippen LogP contribution in [0.1, 0.15) is 39.5 Å². The van der Waals surface area contributed by atoms with Gasteiger partial charge in [0.05, 0.1) is 0 Å². The molecular weight excluding hydrogens is 216 g/mol. The molecule has 2 atom stereocenters. The van der Waals surface area contributed by atoms with Crippen molar-refractivity contribution in [2.75, 3.05) is 26.2 Å². The topological polar surface area (TPSA) is 52.6 Å². The number of carboxylic acid groups (broad SMARTS) is 1. The first-order valence-corrected chi connectivity index (χ1v) is 6.85. The second kappa shape index (κ2) is 7.67. The Balaban J connectivity index is 2.23. The lowest BCUT2D eigenvalue weighted by molar-refractivity contribution is -0.139. The van der Waals surface area contributed by atoms with Gasteiger partial charge in [-0.15, -0.1) is 0 Å². The Kier molecular flexibility index (Phi) is 6.52. The molecule has 0 aromatic rings. The summed E-state index contributed by atoms with van der Waals surface area (Å²) in [4.78, 5) is 13.4. The minimum Gasteiger partial charge on any atom is -0.480 e. The first kappa shape index (κ1) is 14.5. The Bertz CT molecular complexity index is 233. The van der Waals surface area contributed by atoms with Crippen LogP contribution in [0.3, 0.4) is 0 Å². The average molecular weight is 242 g/mol. The zero-order valence-electron chi connectivity index (χ0n) is 11.1. The van der Waals surface area contributed by atoms with Crippen molar-refractivity contribution in [1.29, 1.82) is 0 Å². The first-order valence-electron chi connectivity index (χ1n) is 6.85. The smallest absolute Gasteiger partial charge is 0.320 e. The van der Waals surface area contributed by atoms with Gasteiger partial charge in [0, 0.05) is 13.1 Å². The van der Waals surface area contributed by atoms with Crippen LogP contribution in [-0.2, 0) is 4.79 Å². The molecule has 4 heteroatoms. The fourth-order valence-corrected chi connectivity index (χ4v) is 2.63. The van der Waals surface area contributed by atoms with E-state index >= 15 is 0 Å². The number of nitrogens with one attached hydrogen (secondary N) is 1. The zero-order chi connectivity index (χ0) is 12.7. The lowest BCUT2D eigenvalue weighted by Crippen LogP contribution is -2.39. The molecule has 4 nitrogen and oxygen atoms in total. The van der Waals surface area contributed by atoms with Gasteiger partial charge in [-0.25, -0.2) is 0 Å². The molecule has 1 heterocycles. The fourth-order valence-electron chi connectivity index (χ4n) is 2.63. The lowest BCUT2D eigenvalue weighted by atomic mass is 10.0. The fraction of sp³-hybridized carbons (Fsp3) is 0.923. The molecule has 100 valence electrons. The van der Waals surface area contributed by atoms with Gasteiger partial charge in [0.2, 0.25) is 0 Å². The summed E-state index contributed by atoms with van der Waals surface area (Å²) in [5.41, 5.74) is 0. The van der Waals surface area contributed by atoms with E-state index in [4.69, 9.17) is 5.11 Å². The van der Waals surface area contributed by atoms with E-state index in [1.54, 1.807) is 0 Å². The molecule has 1 aliphatic heterocycles. The number of carbonyl (C=O) groups is 1. The van der Waals surface area contributed by atoms with E-state index in [1.165, 1.54) is 19.3 Å². The minimum absolute atomic E-state index is 0.384. The third-order valence-electron chi connectivity index (χ3n) is 3.55. The van der Waals surface area contributed by atoms with E-state index in [9.17, 15) is 4.79 Å². The first-order chi connectivity index (χ1) is 8.17. The standard InChI is InChI=1S/C13H26N2O2/c1-3-5-11-6-8-15(10-11)9-7-12(13(16)17)14-4-2/h11-12,14H,3-10H2,1-2H3,(H,16,17). The van der Waals surface area contributed by atoms with E-state index in [-0.39, 0.29) is 6.04 Å². The number of likely N-dealkylation sites (N-methyl/N-ethyl adjacent to an activating group) is 1. The van der Waals surface area contributed by atoms with Gasteiger partial charge in [-0.3, -0.25) is 4.79 Å². The Morgan fingerprint density at radius 1 is 1.53 bits per heavy atom. The summed E-state index contributed by atoms with van der Waals surface area (Å²) in [5.74, 6) is 0.110. The molecule has 0 aliphatic carbocycles. The molecule has 2 unspecified atom stereocenters. The van der Waals surface area contributed by atoms with Crippen LogP contribution >= 0.6 is 0 Å². The highest BCUT2D eigenvalue weighted by Crippen LogP contribution is 2.20. The summed E-state index contributed by atoms with van der Waals surface area (Å²) >= 11 is 0. The second-order valence-corrected chi connectivity index (χ2v) is 4.98. The molecule has 2 N–H and O–H groups in total. The quantitative estimate of drug-likeness (QED) is 0.678. The molecule has 0 aromatic carbocycles. The van der Waals surface area contributed by atoms with Crippen LogP contribution in [0.2, 0.25) is 0 Å². The van der Waals surface area contributed by atoms with Gasteiger partial charge in [-0.05, 0) is 38.3 Å². The monoisotopic (exact) mass is 242 g/mol. The molecule has 1 saturated heterocycles. The molecule has 0 saturated carbocycles. The Morgan fingerprint density at radius 3 is 2.88 bits per heavy atom. The lowest BCUT2D eigenvalue weighted by Gasteiger charge is -2.19. The van der Waals surface area contributed by atoms with Gasteiger partial charge < -0.3 is 15.3 Å². The van der Waals surface area contributed by atoms with Crippen molar-refractivity contribution in [3.8, 4) is 0 Å². The SMILES string of the molecule is CCCC1CCN(CCC(NCC)C(=O)O)C1. The number of nitrogens with zero attached hydrogens (tertiary/aromatic N) is 1. The van der Waals surface area contributed by atoms with Crippen LogP contribution in [0, 0.1) is 5.92 Å². The number of carboxylic acids is 1. The molecule has 0 bridgehead atoms. The second-order valence-electron chi connectivity index (χ2n) is 4.98. The van der Waals surface area contributed by atoms with Gasteiger partial charge in [0.1, 0.15) is 6.04 Å². The van der Waals surface area contributed by atoms with Gasteiger partial charge >= 0.3 is 5.97 Å². The van der Waals surface area contributed by atoms with Crippen LogP contribution in [-0.4, -0.2) is 48.2 Å². The summed E-state index contributed by atoms with van der Waals surface area (Å²) in [6.07, 6.45) is 4.56. The number of rotatable bonds is 8. The van der Waals surface area contributed by atoms with Crippen LogP contribution < -0.4 is 5.32 Å². The van der Waals surface area contributed by atoms with Crippen LogP contribution in [0.5, 0.6) is 0 Å². The van der Waals surface area contributed by atoms with Gasteiger partial charge in [0.15, 0.2) is 0 Å². The maximum absolute atomic E-state index is 11.0. The predicted molar refractivity (Wildman–Crippen MR) is 69.2 cm³/mol. The summed E-state index contributed by atoms with van der Waals surface area (Å²) in [6.45, 7) is 8.10. The summed E-state index contributed by atoms with van der Waals surface area (Å²) in [7, 11) is 0.